The number of nitrogens with one attached hydrogen (secondary N) is 1. The van der Waals surface area contributed by atoms with Crippen LogP contribution >= 0.6 is 7.82 Å². The van der Waals surface area contributed by atoms with Gasteiger partial charge in [-0.3, -0.25) is 28.2 Å². The lowest BCUT2D eigenvalue weighted by molar-refractivity contribution is -0.144. The molecule has 1 aliphatic heterocycles. The molecule has 2 rings (SSSR count). The third-order valence-corrected chi connectivity index (χ3v) is 8.31. The predicted octanol–water partition coefficient (Wildman–Crippen LogP) is 4.90. The third-order valence-electron chi connectivity index (χ3n) is 7.33. The molecule has 2 heterocycles. The molecule has 0 aromatic carbocycles. The fraction of sp³-hybridized carbons (Fsp3) is 0.815. The molecule has 230 valence electrons. The Bertz CT molecular complexity index is 1080. The number of carbonyl (C=O) groups is 1. The number of hydrogen-bond donors (Lipinski definition) is 3. The first-order valence-corrected chi connectivity index (χ1v) is 16.0. The van der Waals surface area contributed by atoms with E-state index in [9.17, 15) is 33.3 Å². The normalized spacial score (nSPS) is 22.4. The van der Waals surface area contributed by atoms with E-state index in [0.717, 1.165) is 26.2 Å². The Morgan fingerprint density at radius 1 is 1.05 bits per heavy atom. The van der Waals surface area contributed by atoms with Crippen molar-refractivity contribution in [3.63, 3.8) is 0 Å². The van der Waals surface area contributed by atoms with Crippen LogP contribution in [0.15, 0.2) is 15.8 Å². The standard InChI is InChI=1S/C27H46FN2O9P/c1-3-4-5-6-7-8-9-10-11-12-13-14-15-16-17-37-40(35,36)38-20-23-27(34,21(2)31)18-24(39-23)30-19-22(28)25(32)29-26(30)33/h19,23-24,34H,3-18,20H2,1-2H3,(H,35,36)(H,29,32,33)/t23-,24-,27-/m1/s1. The average Bonchev–Trinajstić information content (AvgIpc) is 3.24. The van der Waals surface area contributed by atoms with Crippen LogP contribution in [-0.2, 0) is 23.1 Å². The number of ether oxygens (including phenoxy) is 1. The van der Waals surface area contributed by atoms with Crippen molar-refractivity contribution in [2.75, 3.05) is 13.2 Å². The average molecular weight is 593 g/mol. The lowest BCUT2D eigenvalue weighted by Gasteiger charge is -2.25. The van der Waals surface area contributed by atoms with Gasteiger partial charge in [-0.05, 0) is 13.3 Å². The molecule has 3 N–H and O–H groups in total. The van der Waals surface area contributed by atoms with Gasteiger partial charge in [0.2, 0.25) is 5.82 Å². The van der Waals surface area contributed by atoms with Gasteiger partial charge in [0.05, 0.1) is 19.4 Å². The van der Waals surface area contributed by atoms with Crippen molar-refractivity contribution in [2.45, 2.75) is 128 Å². The Morgan fingerprint density at radius 3 is 2.10 bits per heavy atom. The minimum absolute atomic E-state index is 0.00296. The molecule has 4 atom stereocenters. The van der Waals surface area contributed by atoms with E-state index in [4.69, 9.17) is 13.8 Å². The summed E-state index contributed by atoms with van der Waals surface area (Å²) in [4.78, 5) is 47.3. The number of H-pyrrole nitrogens is 1. The van der Waals surface area contributed by atoms with Gasteiger partial charge in [0.15, 0.2) is 11.4 Å². The van der Waals surface area contributed by atoms with Crippen LogP contribution in [0, 0.1) is 5.82 Å². The number of Topliss-reactive ketones (excluding diaryl/α,β-unsaturated/α-hetero) is 1. The van der Waals surface area contributed by atoms with Gasteiger partial charge in [-0.2, -0.15) is 4.39 Å². The molecule has 1 aromatic heterocycles. The largest absolute Gasteiger partial charge is 0.472 e. The SMILES string of the molecule is CCCCCCCCCCCCCCCCOP(=O)(O)OC[C@H]1O[C@@H](n2cc(F)c(=O)[nH]c2=O)C[C@@]1(O)C(C)=O. The number of nitrogens with zero attached hydrogens (tertiary/aromatic N) is 1. The van der Waals surface area contributed by atoms with Gasteiger partial charge in [0.1, 0.15) is 12.3 Å². The minimum atomic E-state index is -4.51. The number of phosphoric ester groups is 1. The van der Waals surface area contributed by atoms with E-state index < -0.39 is 61.6 Å². The topological polar surface area (TPSA) is 157 Å². The van der Waals surface area contributed by atoms with Gasteiger partial charge in [-0.25, -0.2) is 9.36 Å². The molecule has 0 amide bonds. The van der Waals surface area contributed by atoms with Crippen molar-refractivity contribution < 1.29 is 37.5 Å². The zero-order chi connectivity index (χ0) is 29.6. The number of aromatic amines is 1. The second kappa shape index (κ2) is 17.3. The van der Waals surface area contributed by atoms with Crippen molar-refractivity contribution >= 4 is 13.6 Å². The van der Waals surface area contributed by atoms with E-state index in [1.807, 2.05) is 0 Å². The minimum Gasteiger partial charge on any atom is -0.379 e. The number of aliphatic hydroxyl groups is 1. The number of hydrogen-bond acceptors (Lipinski definition) is 8. The second-order valence-corrected chi connectivity index (χ2v) is 12.1. The van der Waals surface area contributed by atoms with Crippen LogP contribution in [0.25, 0.3) is 0 Å². The molecule has 1 aromatic rings. The van der Waals surface area contributed by atoms with Gasteiger partial charge in [-0.1, -0.05) is 90.4 Å². The number of aromatic nitrogens is 2. The molecule has 1 unspecified atom stereocenters. The highest BCUT2D eigenvalue weighted by atomic mass is 31.2. The summed E-state index contributed by atoms with van der Waals surface area (Å²) in [5.74, 6) is -2.00. The van der Waals surface area contributed by atoms with Gasteiger partial charge in [0.25, 0.3) is 5.56 Å². The van der Waals surface area contributed by atoms with Crippen LogP contribution < -0.4 is 11.2 Å². The molecule has 1 saturated heterocycles. The number of rotatable bonds is 21. The van der Waals surface area contributed by atoms with Crippen LogP contribution in [0.4, 0.5) is 4.39 Å². The highest BCUT2D eigenvalue weighted by Crippen LogP contribution is 2.46. The van der Waals surface area contributed by atoms with Crippen molar-refractivity contribution in [3.8, 4) is 0 Å². The maximum Gasteiger partial charge on any atom is 0.472 e. The van der Waals surface area contributed by atoms with Gasteiger partial charge < -0.3 is 14.7 Å². The zero-order valence-electron chi connectivity index (χ0n) is 23.8. The number of phosphoric acid groups is 1. The number of unbranched alkanes of at least 4 members (excludes halogenated alkanes) is 13. The van der Waals surface area contributed by atoms with Gasteiger partial charge in [0, 0.05) is 6.42 Å². The quantitative estimate of drug-likeness (QED) is 0.133. The Labute approximate surface area is 235 Å². The summed E-state index contributed by atoms with van der Waals surface area (Å²) >= 11 is 0. The highest BCUT2D eigenvalue weighted by molar-refractivity contribution is 7.47. The second-order valence-electron chi connectivity index (χ2n) is 10.6. The molecule has 0 radical (unpaired) electrons. The Morgan fingerprint density at radius 2 is 1.57 bits per heavy atom. The number of halogens is 1. The molecule has 11 nitrogen and oxygen atoms in total. The molecule has 40 heavy (non-hydrogen) atoms. The first kappa shape index (κ1) is 34.5. The summed E-state index contributed by atoms with van der Waals surface area (Å²) in [5, 5.41) is 10.8. The summed E-state index contributed by atoms with van der Waals surface area (Å²) in [6, 6.07) is 0. The third kappa shape index (κ3) is 11.3. The van der Waals surface area contributed by atoms with Crippen LogP contribution in [-0.4, -0.2) is 50.3 Å². The van der Waals surface area contributed by atoms with E-state index in [0.29, 0.717) is 17.2 Å². The molecule has 0 spiro atoms. The Balaban J connectivity index is 1.66. The molecule has 13 heteroatoms. The fourth-order valence-corrected chi connectivity index (χ4v) is 5.57. The first-order chi connectivity index (χ1) is 19.0. The van der Waals surface area contributed by atoms with Crippen molar-refractivity contribution in [2.24, 2.45) is 0 Å². The molecule has 0 bridgehead atoms. The summed E-state index contributed by atoms with van der Waals surface area (Å²) in [5.41, 5.74) is -4.41. The number of carbonyl (C=O) groups excluding carboxylic acids is 1. The van der Waals surface area contributed by atoms with E-state index in [1.165, 1.54) is 64.2 Å². The molecular weight excluding hydrogens is 546 g/mol. The van der Waals surface area contributed by atoms with E-state index in [1.54, 1.807) is 4.98 Å². The lowest BCUT2D eigenvalue weighted by atomic mass is 9.91. The van der Waals surface area contributed by atoms with Crippen LogP contribution in [0.1, 0.15) is 116 Å². The summed E-state index contributed by atoms with van der Waals surface area (Å²) in [6.45, 7) is 2.62. The van der Waals surface area contributed by atoms with Crippen molar-refractivity contribution in [1.82, 2.24) is 9.55 Å². The van der Waals surface area contributed by atoms with Crippen molar-refractivity contribution in [1.29, 1.82) is 0 Å². The van der Waals surface area contributed by atoms with Gasteiger partial charge >= 0.3 is 13.5 Å². The van der Waals surface area contributed by atoms with E-state index >= 15 is 0 Å². The lowest BCUT2D eigenvalue weighted by Crippen LogP contribution is -2.47. The van der Waals surface area contributed by atoms with Crippen LogP contribution in [0.3, 0.4) is 0 Å². The summed E-state index contributed by atoms with van der Waals surface area (Å²) < 4.78 is 42.2. The molecule has 1 aliphatic rings. The molecule has 0 aliphatic carbocycles. The zero-order valence-corrected chi connectivity index (χ0v) is 24.7. The van der Waals surface area contributed by atoms with Crippen LogP contribution in [0.5, 0.6) is 0 Å². The molecule has 1 fully saturated rings. The predicted molar refractivity (Wildman–Crippen MR) is 147 cm³/mol. The van der Waals surface area contributed by atoms with Crippen LogP contribution in [0.2, 0.25) is 0 Å². The molecule has 0 saturated carbocycles. The number of ketones is 1. The Kier molecular flexibility index (Phi) is 14.9. The maximum absolute atomic E-state index is 13.7. The van der Waals surface area contributed by atoms with E-state index in [2.05, 4.69) is 6.92 Å². The highest BCUT2D eigenvalue weighted by Gasteiger charge is 2.52. The maximum atomic E-state index is 13.7. The molecular formula is C27H46FN2O9P. The monoisotopic (exact) mass is 592 g/mol. The smallest absolute Gasteiger partial charge is 0.379 e. The van der Waals surface area contributed by atoms with Gasteiger partial charge in [-0.15, -0.1) is 0 Å². The first-order valence-electron chi connectivity index (χ1n) is 14.5. The summed E-state index contributed by atoms with van der Waals surface area (Å²) in [6.07, 6.45) is 13.9. The Hall–Kier alpha value is -1.69. The van der Waals surface area contributed by atoms with E-state index in [-0.39, 0.29) is 6.61 Å². The van der Waals surface area contributed by atoms with Crippen molar-refractivity contribution in [3.05, 3.63) is 32.9 Å². The fourth-order valence-electron chi connectivity index (χ4n) is 4.81. The summed E-state index contributed by atoms with van der Waals surface area (Å²) in [7, 11) is -4.51.